The number of non-ortho nitro benzene ring substituents is 1. The van der Waals surface area contributed by atoms with Crippen molar-refractivity contribution >= 4 is 41.5 Å². The molecule has 0 fully saturated rings. The molecule has 1 aromatic heterocycles. The van der Waals surface area contributed by atoms with Crippen molar-refractivity contribution in [3.63, 3.8) is 0 Å². The van der Waals surface area contributed by atoms with E-state index in [-0.39, 0.29) is 35.4 Å². The van der Waals surface area contributed by atoms with Crippen LogP contribution >= 0.6 is 24.8 Å². The molecule has 0 bridgehead atoms. The van der Waals surface area contributed by atoms with Gasteiger partial charge in [-0.2, -0.15) is 0 Å². The van der Waals surface area contributed by atoms with E-state index in [0.717, 1.165) is 48.7 Å². The Balaban J connectivity index is 0.00000225. The maximum Gasteiger partial charge on any atom is 0.271 e. The van der Waals surface area contributed by atoms with Crippen LogP contribution in [0.1, 0.15) is 31.7 Å². The molecule has 0 aliphatic rings. The van der Waals surface area contributed by atoms with Crippen LogP contribution in [0, 0.1) is 10.1 Å². The Labute approximate surface area is 188 Å². The highest BCUT2D eigenvalue weighted by Gasteiger charge is 2.15. The molecular weight excluding hydrogens is 427 g/mol. The van der Waals surface area contributed by atoms with Crippen LogP contribution in [-0.2, 0) is 13.0 Å². The molecule has 2 aromatic carbocycles. The van der Waals surface area contributed by atoms with Gasteiger partial charge in [0.15, 0.2) is 0 Å². The van der Waals surface area contributed by atoms with Gasteiger partial charge in [0, 0.05) is 31.6 Å². The van der Waals surface area contributed by atoms with E-state index in [0.29, 0.717) is 18.5 Å². The van der Waals surface area contributed by atoms with Gasteiger partial charge in [-0.15, -0.1) is 24.8 Å². The third-order valence-corrected chi connectivity index (χ3v) is 4.54. The van der Waals surface area contributed by atoms with Crippen LogP contribution in [0.4, 0.5) is 5.69 Å². The largest absolute Gasteiger partial charge is 0.494 e. The second-order valence-corrected chi connectivity index (χ2v) is 6.63. The summed E-state index contributed by atoms with van der Waals surface area (Å²) in [7, 11) is 0. The van der Waals surface area contributed by atoms with Crippen LogP contribution in [0.3, 0.4) is 0 Å². The van der Waals surface area contributed by atoms with Crippen molar-refractivity contribution in [3.05, 3.63) is 64.0 Å². The topological polar surface area (TPSA) is 82.2 Å². The zero-order valence-corrected chi connectivity index (χ0v) is 18.8. The number of ether oxygens (including phenoxy) is 1. The Morgan fingerprint density at radius 1 is 1.13 bits per heavy atom. The maximum atomic E-state index is 11.1. The molecular formula is C21H28Cl2N4O3. The zero-order chi connectivity index (χ0) is 19.9. The third kappa shape index (κ3) is 6.32. The van der Waals surface area contributed by atoms with E-state index in [9.17, 15) is 10.1 Å². The monoisotopic (exact) mass is 454 g/mol. The van der Waals surface area contributed by atoms with Crippen LogP contribution in [-0.4, -0.2) is 34.2 Å². The molecule has 0 spiro atoms. The third-order valence-electron chi connectivity index (χ3n) is 4.54. The minimum absolute atomic E-state index is 0. The SMILES string of the molecule is CCCOc1ccc(Cc2nc3cc([N+](=O)[O-])ccc3n2CCNCC)cc1.Cl.Cl. The number of nitro groups is 1. The lowest BCUT2D eigenvalue weighted by atomic mass is 10.1. The maximum absolute atomic E-state index is 11.1. The number of aromatic nitrogens is 2. The van der Waals surface area contributed by atoms with Gasteiger partial charge in [0.2, 0.25) is 0 Å². The van der Waals surface area contributed by atoms with Gasteiger partial charge in [0.1, 0.15) is 11.6 Å². The van der Waals surface area contributed by atoms with Crippen molar-refractivity contribution in [2.24, 2.45) is 0 Å². The molecule has 1 heterocycles. The summed E-state index contributed by atoms with van der Waals surface area (Å²) in [6.07, 6.45) is 1.63. The summed E-state index contributed by atoms with van der Waals surface area (Å²) in [5.74, 6) is 1.76. The highest BCUT2D eigenvalue weighted by atomic mass is 35.5. The van der Waals surface area contributed by atoms with Crippen LogP contribution in [0.2, 0.25) is 0 Å². The first kappa shape index (κ1) is 25.7. The molecule has 0 aliphatic carbocycles. The minimum Gasteiger partial charge on any atom is -0.494 e. The van der Waals surface area contributed by atoms with Crippen molar-refractivity contribution in [2.45, 2.75) is 33.2 Å². The quantitative estimate of drug-likeness (QED) is 0.270. The Bertz CT molecular complexity index is 945. The van der Waals surface area contributed by atoms with Crippen LogP contribution in [0.25, 0.3) is 11.0 Å². The number of hydrogen-bond donors (Lipinski definition) is 1. The summed E-state index contributed by atoms with van der Waals surface area (Å²) >= 11 is 0. The summed E-state index contributed by atoms with van der Waals surface area (Å²) in [6.45, 7) is 7.32. The number of fused-ring (bicyclic) bond motifs is 1. The van der Waals surface area contributed by atoms with E-state index < -0.39 is 0 Å². The highest BCUT2D eigenvalue weighted by molar-refractivity contribution is 5.85. The minimum atomic E-state index is -0.383. The molecule has 7 nitrogen and oxygen atoms in total. The Kier molecular flexibility index (Phi) is 10.6. The van der Waals surface area contributed by atoms with Gasteiger partial charge in [-0.3, -0.25) is 10.1 Å². The number of rotatable bonds is 10. The van der Waals surface area contributed by atoms with Gasteiger partial charge >= 0.3 is 0 Å². The average Bonchev–Trinajstić information content (AvgIpc) is 3.04. The molecule has 30 heavy (non-hydrogen) atoms. The Morgan fingerprint density at radius 2 is 1.87 bits per heavy atom. The number of nitrogens with one attached hydrogen (secondary N) is 1. The number of halogens is 2. The Morgan fingerprint density at radius 3 is 2.50 bits per heavy atom. The van der Waals surface area contributed by atoms with Crippen LogP contribution in [0.5, 0.6) is 5.75 Å². The fourth-order valence-electron chi connectivity index (χ4n) is 3.14. The van der Waals surface area contributed by atoms with E-state index in [1.54, 1.807) is 12.1 Å². The zero-order valence-electron chi connectivity index (χ0n) is 17.2. The molecule has 9 heteroatoms. The number of imidazole rings is 1. The number of nitrogens with zero attached hydrogens (tertiary/aromatic N) is 3. The molecule has 0 unspecified atom stereocenters. The highest BCUT2D eigenvalue weighted by Crippen LogP contribution is 2.24. The fourth-order valence-corrected chi connectivity index (χ4v) is 3.14. The number of benzene rings is 2. The molecule has 0 aliphatic heterocycles. The molecule has 164 valence electrons. The van der Waals surface area contributed by atoms with Gasteiger partial charge in [-0.25, -0.2) is 4.98 Å². The molecule has 1 N–H and O–H groups in total. The number of nitro benzene ring substituents is 1. The first-order valence-corrected chi connectivity index (χ1v) is 9.68. The summed E-state index contributed by atoms with van der Waals surface area (Å²) in [5.41, 5.74) is 2.76. The molecule has 0 saturated heterocycles. The van der Waals surface area contributed by atoms with Gasteiger partial charge in [0.05, 0.1) is 22.6 Å². The predicted molar refractivity (Wildman–Crippen MR) is 124 cm³/mol. The molecule has 3 aromatic rings. The van der Waals surface area contributed by atoms with Crippen molar-refractivity contribution < 1.29 is 9.66 Å². The van der Waals surface area contributed by atoms with Crippen LogP contribution in [0.15, 0.2) is 42.5 Å². The Hall–Kier alpha value is -2.35. The van der Waals surface area contributed by atoms with E-state index in [2.05, 4.69) is 23.7 Å². The van der Waals surface area contributed by atoms with E-state index in [1.807, 2.05) is 24.3 Å². The lowest BCUT2D eigenvalue weighted by Gasteiger charge is -2.10. The predicted octanol–water partition coefficient (Wildman–Crippen LogP) is 4.78. The van der Waals surface area contributed by atoms with Gasteiger partial charge in [0.25, 0.3) is 5.69 Å². The summed E-state index contributed by atoms with van der Waals surface area (Å²) in [4.78, 5) is 15.4. The second kappa shape index (κ2) is 12.4. The molecule has 0 amide bonds. The summed E-state index contributed by atoms with van der Waals surface area (Å²) in [5, 5.41) is 14.4. The van der Waals surface area contributed by atoms with Crippen molar-refractivity contribution in [1.82, 2.24) is 14.9 Å². The lowest BCUT2D eigenvalue weighted by Crippen LogP contribution is -2.20. The molecule has 0 atom stereocenters. The van der Waals surface area contributed by atoms with Crippen LogP contribution < -0.4 is 10.1 Å². The van der Waals surface area contributed by atoms with Crippen molar-refractivity contribution in [3.8, 4) is 5.75 Å². The first-order chi connectivity index (χ1) is 13.6. The van der Waals surface area contributed by atoms with E-state index in [4.69, 9.17) is 9.72 Å². The van der Waals surface area contributed by atoms with Crippen molar-refractivity contribution in [1.29, 1.82) is 0 Å². The van der Waals surface area contributed by atoms with Gasteiger partial charge < -0.3 is 14.6 Å². The van der Waals surface area contributed by atoms with Gasteiger partial charge in [-0.1, -0.05) is 26.0 Å². The first-order valence-electron chi connectivity index (χ1n) is 9.68. The molecule has 0 radical (unpaired) electrons. The smallest absolute Gasteiger partial charge is 0.271 e. The number of hydrogen-bond acceptors (Lipinski definition) is 5. The second-order valence-electron chi connectivity index (χ2n) is 6.63. The summed E-state index contributed by atoms with van der Waals surface area (Å²) < 4.78 is 7.78. The summed E-state index contributed by atoms with van der Waals surface area (Å²) in [6, 6.07) is 12.9. The van der Waals surface area contributed by atoms with E-state index >= 15 is 0 Å². The molecule has 3 rings (SSSR count). The number of likely N-dealkylation sites (N-methyl/N-ethyl adjacent to an activating group) is 1. The van der Waals surface area contributed by atoms with Gasteiger partial charge in [-0.05, 0) is 36.7 Å². The fraction of sp³-hybridized carbons (Fsp3) is 0.381. The van der Waals surface area contributed by atoms with E-state index in [1.165, 1.54) is 6.07 Å². The normalized spacial score (nSPS) is 10.3. The molecule has 0 saturated carbocycles. The standard InChI is InChI=1S/C21H26N4O3.2ClH/c1-3-13-28-18-8-5-16(6-9-18)14-21-23-19-15-17(25(26)27)7-10-20(19)24(21)12-11-22-4-2;;/h5-10,15,22H,3-4,11-14H2,1-2H3;2*1H. The van der Waals surface area contributed by atoms with Crippen molar-refractivity contribution in [2.75, 3.05) is 19.7 Å². The average molecular weight is 455 g/mol. The lowest BCUT2D eigenvalue weighted by molar-refractivity contribution is -0.384.